The van der Waals surface area contributed by atoms with E-state index in [-0.39, 0.29) is 12.1 Å². The molecule has 5 nitrogen and oxygen atoms in total. The van der Waals surface area contributed by atoms with Crippen molar-refractivity contribution >= 4 is 12.0 Å². The van der Waals surface area contributed by atoms with Crippen LogP contribution in [0.2, 0.25) is 0 Å². The second kappa shape index (κ2) is 7.11. The number of carbonyl (C=O) groups excluding carboxylic acids is 1. The maximum absolute atomic E-state index is 12.4. The Labute approximate surface area is 125 Å². The van der Waals surface area contributed by atoms with Crippen molar-refractivity contribution in [3.8, 4) is 0 Å². The van der Waals surface area contributed by atoms with Gasteiger partial charge in [0.2, 0.25) is 0 Å². The van der Waals surface area contributed by atoms with Crippen molar-refractivity contribution in [1.29, 1.82) is 0 Å². The van der Waals surface area contributed by atoms with Crippen molar-refractivity contribution in [2.45, 2.75) is 44.7 Å². The fourth-order valence-electron chi connectivity index (χ4n) is 2.30. The zero-order valence-electron chi connectivity index (χ0n) is 12.3. The Kier molecular flexibility index (Phi) is 5.20. The molecule has 0 bridgehead atoms. The molecule has 1 saturated carbocycles. The molecule has 1 atom stereocenters. The number of amides is 2. The van der Waals surface area contributed by atoms with Crippen molar-refractivity contribution in [2.24, 2.45) is 0 Å². The summed E-state index contributed by atoms with van der Waals surface area (Å²) in [7, 11) is 0. The fraction of sp³-hybridized carbons (Fsp3) is 0.500. The van der Waals surface area contributed by atoms with E-state index in [1.165, 1.54) is 0 Å². The number of urea groups is 1. The van der Waals surface area contributed by atoms with E-state index >= 15 is 0 Å². The first-order valence-electron chi connectivity index (χ1n) is 7.48. The quantitative estimate of drug-likeness (QED) is 0.811. The van der Waals surface area contributed by atoms with E-state index < -0.39 is 12.0 Å². The Balaban J connectivity index is 2.05. The summed E-state index contributed by atoms with van der Waals surface area (Å²) in [5.41, 5.74) is 0.588. The van der Waals surface area contributed by atoms with Crippen molar-refractivity contribution in [2.75, 3.05) is 6.54 Å². The van der Waals surface area contributed by atoms with Crippen LogP contribution in [0.1, 0.15) is 44.2 Å². The number of aliphatic carboxylic acids is 1. The van der Waals surface area contributed by atoms with E-state index in [1.54, 1.807) is 29.2 Å². The number of nitrogens with zero attached hydrogens (tertiary/aromatic N) is 1. The molecule has 1 aromatic rings. The molecule has 1 fully saturated rings. The number of hydrogen-bond acceptors (Lipinski definition) is 2. The molecule has 0 heterocycles. The van der Waals surface area contributed by atoms with E-state index in [9.17, 15) is 14.7 Å². The number of nitrogens with one attached hydrogen (secondary N) is 1. The number of unbranched alkanes of at least 4 members (excludes halogenated alkanes) is 1. The van der Waals surface area contributed by atoms with E-state index in [0.717, 1.165) is 25.7 Å². The molecule has 0 aliphatic heterocycles. The predicted octanol–water partition coefficient (Wildman–Crippen LogP) is 2.79. The highest BCUT2D eigenvalue weighted by atomic mass is 16.4. The van der Waals surface area contributed by atoms with Crippen molar-refractivity contribution in [1.82, 2.24) is 10.2 Å². The number of carbonyl (C=O) groups is 2. The lowest BCUT2D eigenvalue weighted by Gasteiger charge is -2.25. The number of carboxylic acid groups (broad SMARTS) is 1. The average Bonchev–Trinajstić information content (AvgIpc) is 3.30. The Morgan fingerprint density at radius 2 is 2.00 bits per heavy atom. The zero-order valence-corrected chi connectivity index (χ0v) is 12.3. The maximum atomic E-state index is 12.4. The first-order valence-corrected chi connectivity index (χ1v) is 7.48. The first-order chi connectivity index (χ1) is 10.1. The SMILES string of the molecule is CCCCN(C(=O)N[C@H](C(=O)O)c1ccccc1)C1CC1. The van der Waals surface area contributed by atoms with Gasteiger partial charge in [-0.1, -0.05) is 43.7 Å². The van der Waals surface area contributed by atoms with Gasteiger partial charge in [0.15, 0.2) is 6.04 Å². The van der Waals surface area contributed by atoms with Gasteiger partial charge in [-0.15, -0.1) is 0 Å². The van der Waals surface area contributed by atoms with Crippen LogP contribution in [0.15, 0.2) is 30.3 Å². The van der Waals surface area contributed by atoms with Gasteiger partial charge in [-0.3, -0.25) is 0 Å². The summed E-state index contributed by atoms with van der Waals surface area (Å²) in [5.74, 6) is -1.04. The van der Waals surface area contributed by atoms with Crippen LogP contribution in [0.4, 0.5) is 4.79 Å². The van der Waals surface area contributed by atoms with Gasteiger partial charge in [-0.25, -0.2) is 9.59 Å². The molecule has 0 saturated heterocycles. The summed E-state index contributed by atoms with van der Waals surface area (Å²) in [5, 5.41) is 12.0. The monoisotopic (exact) mass is 290 g/mol. The average molecular weight is 290 g/mol. The molecule has 5 heteroatoms. The van der Waals surface area contributed by atoms with Crippen LogP contribution in [-0.4, -0.2) is 34.6 Å². The molecule has 1 aliphatic rings. The molecule has 2 N–H and O–H groups in total. The number of benzene rings is 1. The highest BCUT2D eigenvalue weighted by Crippen LogP contribution is 2.27. The van der Waals surface area contributed by atoms with E-state index in [0.29, 0.717) is 12.1 Å². The van der Waals surface area contributed by atoms with Crippen molar-refractivity contribution in [3.05, 3.63) is 35.9 Å². The number of carboxylic acids is 1. The van der Waals surface area contributed by atoms with Gasteiger partial charge < -0.3 is 15.3 Å². The summed E-state index contributed by atoms with van der Waals surface area (Å²) >= 11 is 0. The molecule has 0 unspecified atom stereocenters. The minimum atomic E-state index is -1.04. The highest BCUT2D eigenvalue weighted by molar-refractivity contribution is 5.84. The van der Waals surface area contributed by atoms with Crippen LogP contribution < -0.4 is 5.32 Å². The van der Waals surface area contributed by atoms with Crippen molar-refractivity contribution in [3.63, 3.8) is 0 Å². The smallest absolute Gasteiger partial charge is 0.330 e. The molecule has 1 aliphatic carbocycles. The van der Waals surface area contributed by atoms with Gasteiger partial charge in [0.05, 0.1) is 0 Å². The molecule has 2 amide bonds. The Bertz CT molecular complexity index is 486. The number of rotatable bonds is 7. The second-order valence-corrected chi connectivity index (χ2v) is 5.41. The van der Waals surface area contributed by atoms with Crippen molar-refractivity contribution < 1.29 is 14.7 Å². The Morgan fingerprint density at radius 3 is 2.52 bits per heavy atom. The molecular formula is C16H22N2O3. The Hall–Kier alpha value is -2.04. The van der Waals surface area contributed by atoms with Crippen LogP contribution >= 0.6 is 0 Å². The fourth-order valence-corrected chi connectivity index (χ4v) is 2.30. The van der Waals surface area contributed by atoms with Gasteiger partial charge >= 0.3 is 12.0 Å². The summed E-state index contributed by atoms with van der Waals surface area (Å²) in [6.45, 7) is 2.77. The third-order valence-electron chi connectivity index (χ3n) is 3.65. The van der Waals surface area contributed by atoms with Crippen LogP contribution in [0.3, 0.4) is 0 Å². The topological polar surface area (TPSA) is 69.6 Å². The summed E-state index contributed by atoms with van der Waals surface area (Å²) in [6.07, 6.45) is 3.98. The lowest BCUT2D eigenvalue weighted by Crippen LogP contribution is -2.45. The third-order valence-corrected chi connectivity index (χ3v) is 3.65. The van der Waals surface area contributed by atoms with Crippen LogP contribution in [0.25, 0.3) is 0 Å². The van der Waals surface area contributed by atoms with Gasteiger partial charge in [0.25, 0.3) is 0 Å². The largest absolute Gasteiger partial charge is 0.479 e. The lowest BCUT2D eigenvalue weighted by atomic mass is 10.1. The lowest BCUT2D eigenvalue weighted by molar-refractivity contribution is -0.139. The standard InChI is InChI=1S/C16H22N2O3/c1-2-3-11-18(13-9-10-13)16(21)17-14(15(19)20)12-7-5-4-6-8-12/h4-8,13-14H,2-3,9-11H2,1H3,(H,17,21)(H,19,20)/t14-/m0/s1. The van der Waals surface area contributed by atoms with E-state index in [1.807, 2.05) is 6.07 Å². The normalized spacial score (nSPS) is 15.3. The molecule has 1 aromatic carbocycles. The highest BCUT2D eigenvalue weighted by Gasteiger charge is 2.34. The minimum absolute atomic E-state index is 0.276. The zero-order chi connectivity index (χ0) is 15.2. The molecule has 114 valence electrons. The molecule has 0 spiro atoms. The summed E-state index contributed by atoms with van der Waals surface area (Å²) in [6, 6.07) is 7.80. The van der Waals surface area contributed by atoms with Gasteiger partial charge in [-0.2, -0.15) is 0 Å². The molecule has 0 aromatic heterocycles. The second-order valence-electron chi connectivity index (χ2n) is 5.41. The number of hydrogen-bond donors (Lipinski definition) is 2. The van der Waals surface area contributed by atoms with Gasteiger partial charge in [0.1, 0.15) is 0 Å². The Morgan fingerprint density at radius 1 is 1.33 bits per heavy atom. The van der Waals surface area contributed by atoms with Crippen LogP contribution in [-0.2, 0) is 4.79 Å². The molecule has 2 rings (SSSR count). The van der Waals surface area contributed by atoms with E-state index in [2.05, 4.69) is 12.2 Å². The third kappa shape index (κ3) is 4.21. The summed E-state index contributed by atoms with van der Waals surface area (Å²) < 4.78 is 0. The van der Waals surface area contributed by atoms with Gasteiger partial charge in [-0.05, 0) is 24.8 Å². The van der Waals surface area contributed by atoms with Gasteiger partial charge in [0, 0.05) is 12.6 Å². The maximum Gasteiger partial charge on any atom is 0.330 e. The van der Waals surface area contributed by atoms with Crippen LogP contribution in [0, 0.1) is 0 Å². The van der Waals surface area contributed by atoms with E-state index in [4.69, 9.17) is 0 Å². The molecular weight excluding hydrogens is 268 g/mol. The summed E-state index contributed by atoms with van der Waals surface area (Å²) in [4.78, 5) is 25.6. The molecule has 0 radical (unpaired) electrons. The molecule has 21 heavy (non-hydrogen) atoms. The van der Waals surface area contributed by atoms with Crippen LogP contribution in [0.5, 0.6) is 0 Å². The first kappa shape index (κ1) is 15.4. The predicted molar refractivity (Wildman–Crippen MR) is 80.0 cm³/mol. The minimum Gasteiger partial charge on any atom is -0.479 e.